The Morgan fingerprint density at radius 2 is 1.95 bits per heavy atom. The Bertz CT molecular complexity index is 1210. The first-order valence-corrected chi connectivity index (χ1v) is 13.1. The summed E-state index contributed by atoms with van der Waals surface area (Å²) in [6, 6.07) is 15.3. The number of hydrogen-bond donors (Lipinski definition) is 1. The number of ether oxygens (including phenoxy) is 1. The third kappa shape index (κ3) is 5.95. The van der Waals surface area contributed by atoms with E-state index in [0.717, 1.165) is 17.7 Å². The van der Waals surface area contributed by atoms with Gasteiger partial charge in [-0.25, -0.2) is 4.99 Å². The third-order valence-electron chi connectivity index (χ3n) is 6.84. The number of carbonyl (C=O) groups excluding carboxylic acids is 2. The molecule has 2 aliphatic rings. The van der Waals surface area contributed by atoms with E-state index < -0.39 is 6.17 Å². The van der Waals surface area contributed by atoms with E-state index >= 15 is 0 Å². The summed E-state index contributed by atoms with van der Waals surface area (Å²) in [5.74, 6) is -0.549. The number of carbonyl (C=O) groups is 2. The molecule has 37 heavy (non-hydrogen) atoms. The standard InChI is InChI=1S/C27H32ClN5O3S/c1-17(2)32-12-13-33(20(16-32)15-23(34)36-4)27(37)30-25-26(35)31(3)22-11-10-19(28)14-21(22)24(29-25)18-8-6-5-7-9-18/h5-11,14,17,20,25H,12-13,15-16H2,1-4H3,(H,30,37). The number of thiocarbonyl (C=S) groups is 1. The molecular formula is C27H32ClN5O3S. The summed E-state index contributed by atoms with van der Waals surface area (Å²) in [5.41, 5.74) is 2.98. The highest BCUT2D eigenvalue weighted by atomic mass is 35.5. The molecule has 1 amide bonds. The molecule has 10 heteroatoms. The van der Waals surface area contributed by atoms with Crippen molar-refractivity contribution in [1.82, 2.24) is 15.1 Å². The molecule has 2 unspecified atom stereocenters. The zero-order valence-electron chi connectivity index (χ0n) is 21.5. The summed E-state index contributed by atoms with van der Waals surface area (Å²) in [4.78, 5) is 36.5. The average molecular weight is 542 g/mol. The van der Waals surface area contributed by atoms with Crippen molar-refractivity contribution in [3.63, 3.8) is 0 Å². The van der Waals surface area contributed by atoms with Crippen molar-refractivity contribution in [2.45, 2.75) is 38.5 Å². The lowest BCUT2D eigenvalue weighted by molar-refractivity contribution is -0.142. The molecule has 1 saturated heterocycles. The summed E-state index contributed by atoms with van der Waals surface area (Å²) in [6.45, 7) is 6.33. The van der Waals surface area contributed by atoms with Crippen LogP contribution in [0.1, 0.15) is 31.4 Å². The van der Waals surface area contributed by atoms with E-state index in [1.807, 2.05) is 47.4 Å². The maximum Gasteiger partial charge on any atom is 0.307 e. The number of hydrogen-bond acceptors (Lipinski definition) is 6. The number of nitrogens with one attached hydrogen (secondary N) is 1. The van der Waals surface area contributed by atoms with Crippen molar-refractivity contribution < 1.29 is 14.3 Å². The number of benzene rings is 2. The largest absolute Gasteiger partial charge is 0.469 e. The molecule has 0 radical (unpaired) electrons. The van der Waals surface area contributed by atoms with Crippen molar-refractivity contribution >= 4 is 52.2 Å². The zero-order valence-corrected chi connectivity index (χ0v) is 23.1. The number of nitrogens with zero attached hydrogens (tertiary/aromatic N) is 4. The van der Waals surface area contributed by atoms with Gasteiger partial charge in [-0.2, -0.15) is 0 Å². The molecule has 1 N–H and O–H groups in total. The molecule has 2 heterocycles. The minimum absolute atomic E-state index is 0.184. The molecule has 2 aromatic rings. The SMILES string of the molecule is COC(=O)CC1CN(C(C)C)CCN1C(=S)NC1N=C(c2ccccc2)c2cc(Cl)ccc2N(C)C1=O. The second kappa shape index (κ2) is 11.6. The van der Waals surface area contributed by atoms with Crippen LogP contribution < -0.4 is 10.2 Å². The van der Waals surface area contributed by atoms with Crippen LogP contribution in [0.3, 0.4) is 0 Å². The van der Waals surface area contributed by atoms with Crippen LogP contribution in [0.5, 0.6) is 0 Å². The van der Waals surface area contributed by atoms with Gasteiger partial charge in [-0.1, -0.05) is 41.9 Å². The van der Waals surface area contributed by atoms with Crippen LogP contribution in [0, 0.1) is 0 Å². The van der Waals surface area contributed by atoms with Gasteiger partial charge in [0, 0.05) is 48.9 Å². The maximum atomic E-state index is 13.6. The van der Waals surface area contributed by atoms with Crippen LogP contribution in [0.2, 0.25) is 5.02 Å². The highest BCUT2D eigenvalue weighted by molar-refractivity contribution is 7.80. The molecule has 8 nitrogen and oxygen atoms in total. The van der Waals surface area contributed by atoms with Gasteiger partial charge in [0.2, 0.25) is 6.17 Å². The average Bonchev–Trinajstić information content (AvgIpc) is 2.99. The van der Waals surface area contributed by atoms with E-state index in [9.17, 15) is 9.59 Å². The Kier molecular flexibility index (Phi) is 8.46. The van der Waals surface area contributed by atoms with E-state index in [1.54, 1.807) is 18.0 Å². The predicted octanol–water partition coefficient (Wildman–Crippen LogP) is 3.31. The number of aliphatic imine (C=N–C) groups is 1. The van der Waals surface area contributed by atoms with Gasteiger partial charge in [-0.05, 0) is 44.3 Å². The molecule has 1 fully saturated rings. The summed E-state index contributed by atoms with van der Waals surface area (Å²) in [5, 5.41) is 4.13. The quantitative estimate of drug-likeness (QED) is 0.459. The first kappa shape index (κ1) is 27.0. The Morgan fingerprint density at radius 1 is 1.22 bits per heavy atom. The van der Waals surface area contributed by atoms with Crippen molar-refractivity contribution in [1.29, 1.82) is 0 Å². The fourth-order valence-corrected chi connectivity index (χ4v) is 5.26. The van der Waals surface area contributed by atoms with Gasteiger partial charge >= 0.3 is 5.97 Å². The smallest absolute Gasteiger partial charge is 0.307 e. The number of benzodiazepines with no additional fused rings is 1. The molecule has 0 aliphatic carbocycles. The Labute approximate surface area is 228 Å². The normalized spacial score (nSPS) is 20.3. The van der Waals surface area contributed by atoms with Gasteiger partial charge in [0.25, 0.3) is 5.91 Å². The molecule has 196 valence electrons. The van der Waals surface area contributed by atoms with Crippen molar-refractivity contribution in [3.05, 3.63) is 64.7 Å². The van der Waals surface area contributed by atoms with Gasteiger partial charge in [0.1, 0.15) is 0 Å². The van der Waals surface area contributed by atoms with Crippen LogP contribution >= 0.6 is 23.8 Å². The fourth-order valence-electron chi connectivity index (χ4n) is 4.73. The van der Waals surface area contributed by atoms with Gasteiger partial charge in [-0.3, -0.25) is 14.5 Å². The Balaban J connectivity index is 1.67. The van der Waals surface area contributed by atoms with Crippen LogP contribution in [0.15, 0.2) is 53.5 Å². The molecule has 2 atom stereocenters. The highest BCUT2D eigenvalue weighted by Gasteiger charge is 2.35. The number of esters is 1. The molecule has 2 aliphatic heterocycles. The van der Waals surface area contributed by atoms with Crippen molar-refractivity contribution in [3.8, 4) is 0 Å². The number of piperazine rings is 1. The second-order valence-corrected chi connectivity index (χ2v) is 10.3. The van der Waals surface area contributed by atoms with Crippen molar-refractivity contribution in [2.75, 3.05) is 38.7 Å². The topological polar surface area (TPSA) is 77.5 Å². The number of anilines is 1. The molecule has 0 spiro atoms. The van der Waals surface area contributed by atoms with E-state index in [0.29, 0.717) is 40.7 Å². The van der Waals surface area contributed by atoms with Gasteiger partial charge in [0.05, 0.1) is 31.0 Å². The second-order valence-electron chi connectivity index (χ2n) is 9.47. The molecular weight excluding hydrogens is 510 g/mol. The summed E-state index contributed by atoms with van der Waals surface area (Å²) in [6.07, 6.45) is -0.761. The van der Waals surface area contributed by atoms with E-state index in [4.69, 9.17) is 33.5 Å². The van der Waals surface area contributed by atoms with Crippen LogP contribution in [-0.4, -0.2) is 84.5 Å². The van der Waals surface area contributed by atoms with Crippen LogP contribution in [0.25, 0.3) is 0 Å². The maximum absolute atomic E-state index is 13.6. The number of halogens is 1. The predicted molar refractivity (Wildman–Crippen MR) is 150 cm³/mol. The molecule has 0 aromatic heterocycles. The minimum atomic E-state index is -0.958. The minimum Gasteiger partial charge on any atom is -0.469 e. The van der Waals surface area contributed by atoms with Crippen LogP contribution in [-0.2, 0) is 14.3 Å². The summed E-state index contributed by atoms with van der Waals surface area (Å²) < 4.78 is 4.94. The van der Waals surface area contributed by atoms with Crippen LogP contribution in [0.4, 0.5) is 5.69 Å². The van der Waals surface area contributed by atoms with E-state index in [2.05, 4.69) is 24.1 Å². The Hall–Kier alpha value is -3.01. The number of amides is 1. The third-order valence-corrected chi connectivity index (χ3v) is 7.43. The number of methoxy groups -OCH3 is 1. The van der Waals surface area contributed by atoms with Gasteiger partial charge < -0.3 is 19.9 Å². The Morgan fingerprint density at radius 3 is 2.62 bits per heavy atom. The lowest BCUT2D eigenvalue weighted by Crippen LogP contribution is -2.61. The highest BCUT2D eigenvalue weighted by Crippen LogP contribution is 2.30. The molecule has 0 bridgehead atoms. The first-order valence-electron chi connectivity index (χ1n) is 12.3. The molecule has 2 aromatic carbocycles. The number of likely N-dealkylation sites (N-methyl/N-ethyl adjacent to an activating group) is 1. The molecule has 0 saturated carbocycles. The van der Waals surface area contributed by atoms with E-state index in [1.165, 1.54) is 7.11 Å². The number of fused-ring (bicyclic) bond motifs is 1. The summed E-state index contributed by atoms with van der Waals surface area (Å²) >= 11 is 12.2. The summed E-state index contributed by atoms with van der Waals surface area (Å²) in [7, 11) is 3.10. The lowest BCUT2D eigenvalue weighted by atomic mass is 10.0. The van der Waals surface area contributed by atoms with E-state index in [-0.39, 0.29) is 24.3 Å². The monoisotopic (exact) mass is 541 g/mol. The van der Waals surface area contributed by atoms with Gasteiger partial charge in [0.15, 0.2) is 5.11 Å². The van der Waals surface area contributed by atoms with Gasteiger partial charge in [-0.15, -0.1) is 0 Å². The fraction of sp³-hybridized carbons (Fsp3) is 0.407. The molecule has 4 rings (SSSR count). The number of rotatable bonds is 5. The zero-order chi connectivity index (χ0) is 26.7. The first-order chi connectivity index (χ1) is 17.7. The lowest BCUT2D eigenvalue weighted by Gasteiger charge is -2.44. The van der Waals surface area contributed by atoms with Crippen molar-refractivity contribution in [2.24, 2.45) is 4.99 Å².